The van der Waals surface area contributed by atoms with E-state index in [2.05, 4.69) is 52.1 Å². The minimum absolute atomic E-state index is 0.0132. The minimum atomic E-state index is -0.0969. The van der Waals surface area contributed by atoms with Crippen molar-refractivity contribution in [3.8, 4) is 0 Å². The van der Waals surface area contributed by atoms with Crippen molar-refractivity contribution in [3.63, 3.8) is 0 Å². The van der Waals surface area contributed by atoms with Gasteiger partial charge in [0.15, 0.2) is 0 Å². The summed E-state index contributed by atoms with van der Waals surface area (Å²) in [4.78, 5) is 14.4. The van der Waals surface area contributed by atoms with Crippen LogP contribution < -0.4 is 11.1 Å². The number of nitrogens with one attached hydrogen (secondary N) is 1. The lowest BCUT2D eigenvalue weighted by molar-refractivity contribution is -0.130. The summed E-state index contributed by atoms with van der Waals surface area (Å²) in [7, 11) is 0. The number of amides is 1. The third kappa shape index (κ3) is 3.65. The smallest absolute Gasteiger partial charge is 0.237 e. The monoisotopic (exact) mass is 353 g/mol. The molecule has 0 radical (unpaired) electrons. The Morgan fingerprint density at radius 1 is 1.48 bits per heavy atom. The van der Waals surface area contributed by atoms with E-state index in [1.165, 1.54) is 5.56 Å². The van der Waals surface area contributed by atoms with Gasteiger partial charge in [-0.1, -0.05) is 41.9 Å². The molecule has 1 aliphatic rings. The van der Waals surface area contributed by atoms with E-state index in [0.717, 1.165) is 23.9 Å². The van der Waals surface area contributed by atoms with Gasteiger partial charge < -0.3 is 11.1 Å². The Labute approximate surface area is 135 Å². The van der Waals surface area contributed by atoms with Crippen LogP contribution in [0.5, 0.6) is 0 Å². The molecule has 3 unspecified atom stereocenters. The summed E-state index contributed by atoms with van der Waals surface area (Å²) in [5.74, 6) is 0.118. The molecule has 5 heteroatoms. The molecule has 2 rings (SSSR count). The highest BCUT2D eigenvalue weighted by Gasteiger charge is 2.36. The summed E-state index contributed by atoms with van der Waals surface area (Å²) in [6, 6.07) is 8.24. The lowest BCUT2D eigenvalue weighted by Crippen LogP contribution is -2.58. The molecule has 0 aliphatic carbocycles. The number of carbonyl (C=O) groups excluding carboxylic acids is 1. The fraction of sp³-hybridized carbons (Fsp3) is 0.562. The first-order chi connectivity index (χ1) is 10.1. The third-order valence-electron chi connectivity index (χ3n) is 4.18. The highest BCUT2D eigenvalue weighted by molar-refractivity contribution is 9.10. The number of nitrogens with zero attached hydrogens (tertiary/aromatic N) is 1. The summed E-state index contributed by atoms with van der Waals surface area (Å²) >= 11 is 3.53. The van der Waals surface area contributed by atoms with E-state index >= 15 is 0 Å². The molecular weight excluding hydrogens is 330 g/mol. The van der Waals surface area contributed by atoms with Gasteiger partial charge in [0, 0.05) is 23.6 Å². The minimum Gasteiger partial charge on any atom is -0.353 e. The Hall–Kier alpha value is -0.910. The number of piperazine rings is 1. The van der Waals surface area contributed by atoms with Crippen molar-refractivity contribution in [2.24, 2.45) is 5.73 Å². The molecule has 1 amide bonds. The van der Waals surface area contributed by atoms with E-state index < -0.39 is 0 Å². The molecule has 116 valence electrons. The van der Waals surface area contributed by atoms with Gasteiger partial charge in [0.1, 0.15) is 0 Å². The largest absolute Gasteiger partial charge is 0.353 e. The average molecular weight is 354 g/mol. The van der Waals surface area contributed by atoms with Crippen molar-refractivity contribution < 1.29 is 4.79 Å². The predicted molar refractivity (Wildman–Crippen MR) is 88.9 cm³/mol. The van der Waals surface area contributed by atoms with E-state index in [1.54, 1.807) is 0 Å². The number of nitrogens with two attached hydrogens (primary N) is 1. The Morgan fingerprint density at radius 2 is 2.24 bits per heavy atom. The standard InChI is InChI=1S/C16H24BrN3O/c1-3-13(18)15(11-6-5-7-12(17)10-11)20-9-8-19-16(21)14(20)4-2/h5-7,10,13-15H,3-4,8-9,18H2,1-2H3,(H,19,21). The SMILES string of the molecule is CCC(N)C(c1cccc(Br)c1)N1CCNC(=O)C1CC. The Bertz CT molecular complexity index is 494. The van der Waals surface area contributed by atoms with Gasteiger partial charge in [-0.2, -0.15) is 0 Å². The topological polar surface area (TPSA) is 58.4 Å². The van der Waals surface area contributed by atoms with Crippen molar-refractivity contribution in [2.45, 2.75) is 44.8 Å². The van der Waals surface area contributed by atoms with Crippen LogP contribution >= 0.6 is 15.9 Å². The molecule has 0 aromatic heterocycles. The van der Waals surface area contributed by atoms with Crippen molar-refractivity contribution in [2.75, 3.05) is 13.1 Å². The van der Waals surface area contributed by atoms with Gasteiger partial charge in [0.2, 0.25) is 5.91 Å². The molecule has 21 heavy (non-hydrogen) atoms. The van der Waals surface area contributed by atoms with E-state index in [0.29, 0.717) is 6.54 Å². The molecule has 4 nitrogen and oxygen atoms in total. The average Bonchev–Trinajstić information content (AvgIpc) is 2.47. The summed E-state index contributed by atoms with van der Waals surface area (Å²) in [6.07, 6.45) is 1.68. The van der Waals surface area contributed by atoms with Gasteiger partial charge in [0.25, 0.3) is 0 Å². The molecule has 1 fully saturated rings. The van der Waals surface area contributed by atoms with Crippen LogP contribution in [0.25, 0.3) is 0 Å². The summed E-state index contributed by atoms with van der Waals surface area (Å²) in [6.45, 7) is 5.68. The second-order valence-corrected chi connectivity index (χ2v) is 6.44. The summed E-state index contributed by atoms with van der Waals surface area (Å²) in [5, 5.41) is 2.96. The molecule has 1 saturated heterocycles. The van der Waals surface area contributed by atoms with Crippen LogP contribution in [0.15, 0.2) is 28.7 Å². The highest BCUT2D eigenvalue weighted by Crippen LogP contribution is 2.30. The van der Waals surface area contributed by atoms with Crippen molar-refractivity contribution >= 4 is 21.8 Å². The molecular formula is C16H24BrN3O. The van der Waals surface area contributed by atoms with Crippen LogP contribution in [0.2, 0.25) is 0 Å². The van der Waals surface area contributed by atoms with Crippen LogP contribution in [-0.2, 0) is 4.79 Å². The second-order valence-electron chi connectivity index (χ2n) is 5.52. The number of benzene rings is 1. The predicted octanol–water partition coefficient (Wildman–Crippen LogP) is 2.44. The van der Waals surface area contributed by atoms with Gasteiger partial charge in [-0.3, -0.25) is 9.69 Å². The molecule has 1 aromatic rings. The molecule has 0 bridgehead atoms. The molecule has 3 atom stereocenters. The Kier molecular flexibility index (Phi) is 5.79. The molecule has 1 aliphatic heterocycles. The molecule has 0 saturated carbocycles. The fourth-order valence-corrected chi connectivity index (χ4v) is 3.50. The van der Waals surface area contributed by atoms with E-state index in [-0.39, 0.29) is 24.0 Å². The third-order valence-corrected chi connectivity index (χ3v) is 4.68. The van der Waals surface area contributed by atoms with Crippen LogP contribution in [0.3, 0.4) is 0 Å². The van der Waals surface area contributed by atoms with E-state index in [4.69, 9.17) is 5.73 Å². The number of hydrogen-bond donors (Lipinski definition) is 2. The number of hydrogen-bond acceptors (Lipinski definition) is 3. The first-order valence-corrected chi connectivity index (χ1v) is 8.42. The maximum Gasteiger partial charge on any atom is 0.237 e. The molecule has 3 N–H and O–H groups in total. The number of carbonyl (C=O) groups is 1. The molecule has 0 spiro atoms. The van der Waals surface area contributed by atoms with Crippen molar-refractivity contribution in [3.05, 3.63) is 34.3 Å². The van der Waals surface area contributed by atoms with Gasteiger partial charge in [-0.25, -0.2) is 0 Å². The maximum atomic E-state index is 12.1. The Morgan fingerprint density at radius 3 is 2.86 bits per heavy atom. The van der Waals surface area contributed by atoms with E-state index in [9.17, 15) is 4.79 Å². The molecule has 1 heterocycles. The lowest BCUT2D eigenvalue weighted by Gasteiger charge is -2.42. The van der Waals surface area contributed by atoms with Crippen molar-refractivity contribution in [1.29, 1.82) is 0 Å². The Balaban J connectivity index is 2.37. The van der Waals surface area contributed by atoms with Crippen LogP contribution in [-0.4, -0.2) is 36.0 Å². The highest BCUT2D eigenvalue weighted by atomic mass is 79.9. The first kappa shape index (κ1) is 16.5. The van der Waals surface area contributed by atoms with Crippen LogP contribution in [0, 0.1) is 0 Å². The van der Waals surface area contributed by atoms with Gasteiger partial charge in [-0.15, -0.1) is 0 Å². The van der Waals surface area contributed by atoms with E-state index in [1.807, 2.05) is 12.1 Å². The summed E-state index contributed by atoms with van der Waals surface area (Å²) < 4.78 is 1.04. The first-order valence-electron chi connectivity index (χ1n) is 7.63. The zero-order valence-corrected chi connectivity index (χ0v) is 14.3. The van der Waals surface area contributed by atoms with Gasteiger partial charge in [0.05, 0.1) is 12.1 Å². The normalized spacial score (nSPS) is 22.7. The number of halogens is 1. The van der Waals surface area contributed by atoms with Crippen LogP contribution in [0.4, 0.5) is 0 Å². The fourth-order valence-electron chi connectivity index (χ4n) is 3.08. The van der Waals surface area contributed by atoms with Crippen LogP contribution in [0.1, 0.15) is 38.3 Å². The lowest BCUT2D eigenvalue weighted by atomic mass is 9.93. The maximum absolute atomic E-state index is 12.1. The van der Waals surface area contributed by atoms with Gasteiger partial charge >= 0.3 is 0 Å². The van der Waals surface area contributed by atoms with Gasteiger partial charge in [-0.05, 0) is 30.5 Å². The van der Waals surface area contributed by atoms with Crippen molar-refractivity contribution in [1.82, 2.24) is 10.2 Å². The quantitative estimate of drug-likeness (QED) is 0.854. The summed E-state index contributed by atoms with van der Waals surface area (Å²) in [5.41, 5.74) is 7.58. The second kappa shape index (κ2) is 7.38. The molecule has 1 aromatic carbocycles. The number of rotatable bonds is 5. The zero-order chi connectivity index (χ0) is 15.4. The zero-order valence-electron chi connectivity index (χ0n) is 12.7.